The SMILES string of the molecule is COC12C(=O)c3ccccc3C1(O)Oc1cc(C(C)C)ccc12. The lowest BCUT2D eigenvalue weighted by molar-refractivity contribution is -0.234. The molecule has 0 radical (unpaired) electrons. The lowest BCUT2D eigenvalue weighted by Gasteiger charge is -2.32. The number of fused-ring (bicyclic) bond motifs is 5. The molecule has 0 amide bonds. The molecular weight excluding hydrogens is 292 g/mol. The zero-order valence-corrected chi connectivity index (χ0v) is 13.3. The van der Waals surface area contributed by atoms with Gasteiger partial charge in [0.1, 0.15) is 5.75 Å². The highest BCUT2D eigenvalue weighted by Crippen LogP contribution is 2.59. The summed E-state index contributed by atoms with van der Waals surface area (Å²) < 4.78 is 11.5. The normalized spacial score (nSPS) is 27.6. The van der Waals surface area contributed by atoms with Crippen LogP contribution in [0.5, 0.6) is 5.75 Å². The van der Waals surface area contributed by atoms with Gasteiger partial charge >= 0.3 is 0 Å². The first kappa shape index (κ1) is 14.4. The van der Waals surface area contributed by atoms with E-state index in [-0.39, 0.29) is 5.78 Å². The molecule has 118 valence electrons. The highest BCUT2D eigenvalue weighted by atomic mass is 16.7. The van der Waals surface area contributed by atoms with E-state index in [4.69, 9.17) is 9.47 Å². The Labute approximate surface area is 134 Å². The second-order valence-corrected chi connectivity index (χ2v) is 6.42. The molecule has 2 unspecified atom stereocenters. The van der Waals surface area contributed by atoms with E-state index in [1.165, 1.54) is 7.11 Å². The molecule has 0 saturated carbocycles. The van der Waals surface area contributed by atoms with Gasteiger partial charge in [0.25, 0.3) is 5.79 Å². The molecule has 1 heterocycles. The van der Waals surface area contributed by atoms with Crippen LogP contribution in [0.25, 0.3) is 0 Å². The average Bonchev–Trinajstić information content (AvgIpc) is 2.92. The lowest BCUT2D eigenvalue weighted by Crippen LogP contribution is -2.50. The van der Waals surface area contributed by atoms with Gasteiger partial charge in [-0.3, -0.25) is 4.79 Å². The molecule has 4 nitrogen and oxygen atoms in total. The van der Waals surface area contributed by atoms with Crippen LogP contribution in [-0.4, -0.2) is 18.0 Å². The first-order valence-electron chi connectivity index (χ1n) is 7.71. The Morgan fingerprint density at radius 2 is 1.87 bits per heavy atom. The number of aliphatic hydroxyl groups is 1. The van der Waals surface area contributed by atoms with Gasteiger partial charge in [0.2, 0.25) is 11.4 Å². The Hall–Kier alpha value is -2.17. The summed E-state index contributed by atoms with van der Waals surface area (Å²) in [5.74, 6) is -1.27. The van der Waals surface area contributed by atoms with Gasteiger partial charge in [-0.2, -0.15) is 0 Å². The van der Waals surface area contributed by atoms with Crippen molar-refractivity contribution in [1.82, 2.24) is 0 Å². The fourth-order valence-electron chi connectivity index (χ4n) is 3.71. The minimum atomic E-state index is -1.83. The van der Waals surface area contributed by atoms with Crippen LogP contribution in [0.1, 0.15) is 46.8 Å². The van der Waals surface area contributed by atoms with Crippen LogP contribution in [0.4, 0.5) is 0 Å². The van der Waals surface area contributed by atoms with Crippen molar-refractivity contribution in [1.29, 1.82) is 0 Å². The highest BCUT2D eigenvalue weighted by Gasteiger charge is 2.71. The van der Waals surface area contributed by atoms with Crippen LogP contribution in [-0.2, 0) is 16.1 Å². The van der Waals surface area contributed by atoms with E-state index in [2.05, 4.69) is 13.8 Å². The Morgan fingerprint density at radius 3 is 2.57 bits per heavy atom. The van der Waals surface area contributed by atoms with Crippen molar-refractivity contribution >= 4 is 5.78 Å². The second-order valence-electron chi connectivity index (χ2n) is 6.42. The topological polar surface area (TPSA) is 55.8 Å². The number of methoxy groups -OCH3 is 1. The zero-order chi connectivity index (χ0) is 16.4. The maximum atomic E-state index is 13.1. The number of hydrogen-bond acceptors (Lipinski definition) is 4. The van der Waals surface area contributed by atoms with Gasteiger partial charge in [-0.15, -0.1) is 0 Å². The molecule has 23 heavy (non-hydrogen) atoms. The van der Waals surface area contributed by atoms with E-state index in [1.807, 2.05) is 18.2 Å². The van der Waals surface area contributed by atoms with E-state index >= 15 is 0 Å². The van der Waals surface area contributed by atoms with Crippen LogP contribution in [0.2, 0.25) is 0 Å². The number of Topliss-reactive ketones (excluding diaryl/α,β-unsaturated/α-hetero) is 1. The van der Waals surface area contributed by atoms with Crippen molar-refractivity contribution in [2.45, 2.75) is 31.2 Å². The van der Waals surface area contributed by atoms with Crippen molar-refractivity contribution in [2.24, 2.45) is 0 Å². The fraction of sp³-hybridized carbons (Fsp3) is 0.316. The number of rotatable bonds is 2. The Kier molecular flexibility index (Phi) is 2.78. The van der Waals surface area contributed by atoms with Crippen LogP contribution < -0.4 is 4.74 Å². The van der Waals surface area contributed by atoms with Gasteiger partial charge in [-0.1, -0.05) is 50.2 Å². The van der Waals surface area contributed by atoms with E-state index in [0.29, 0.717) is 28.4 Å². The largest absolute Gasteiger partial charge is 0.454 e. The summed E-state index contributed by atoms with van der Waals surface area (Å²) in [5.41, 5.74) is 1.01. The van der Waals surface area contributed by atoms with E-state index in [1.54, 1.807) is 24.3 Å². The smallest absolute Gasteiger partial charge is 0.277 e. The molecule has 4 rings (SSSR count). The number of benzene rings is 2. The first-order chi connectivity index (χ1) is 11.0. The molecule has 0 spiro atoms. The maximum absolute atomic E-state index is 13.1. The Morgan fingerprint density at radius 1 is 1.13 bits per heavy atom. The molecule has 0 saturated heterocycles. The third-order valence-electron chi connectivity index (χ3n) is 4.95. The molecule has 2 aliphatic rings. The molecule has 2 aromatic rings. The monoisotopic (exact) mass is 310 g/mol. The molecule has 0 fully saturated rings. The van der Waals surface area contributed by atoms with Crippen molar-refractivity contribution in [3.8, 4) is 5.75 Å². The van der Waals surface area contributed by atoms with Crippen molar-refractivity contribution in [3.05, 3.63) is 64.7 Å². The summed E-state index contributed by atoms with van der Waals surface area (Å²) in [4.78, 5) is 13.1. The molecular formula is C19H18O4. The molecule has 0 bridgehead atoms. The molecule has 1 aliphatic heterocycles. The second kappa shape index (κ2) is 4.43. The van der Waals surface area contributed by atoms with Gasteiger partial charge in [-0.25, -0.2) is 0 Å². The zero-order valence-electron chi connectivity index (χ0n) is 13.3. The van der Waals surface area contributed by atoms with Gasteiger partial charge in [-0.05, 0) is 17.5 Å². The van der Waals surface area contributed by atoms with Crippen molar-refractivity contribution < 1.29 is 19.4 Å². The first-order valence-corrected chi connectivity index (χ1v) is 7.71. The van der Waals surface area contributed by atoms with Crippen LogP contribution in [0.15, 0.2) is 42.5 Å². The average molecular weight is 310 g/mol. The number of carbonyl (C=O) groups excluding carboxylic acids is 1. The van der Waals surface area contributed by atoms with E-state index in [9.17, 15) is 9.90 Å². The van der Waals surface area contributed by atoms with Crippen molar-refractivity contribution in [3.63, 3.8) is 0 Å². The molecule has 1 N–H and O–H groups in total. The summed E-state index contributed by atoms with van der Waals surface area (Å²) in [6.07, 6.45) is 0. The minimum absolute atomic E-state index is 0.269. The van der Waals surface area contributed by atoms with Gasteiger partial charge in [0.15, 0.2) is 0 Å². The Bertz CT molecular complexity index is 826. The highest BCUT2D eigenvalue weighted by molar-refractivity contribution is 6.09. The number of hydrogen-bond donors (Lipinski definition) is 1. The standard InChI is InChI=1S/C19H18O4/c1-11(2)12-8-9-15-16(10-12)23-19(21)14-7-5-4-6-13(14)17(20)18(15,19)22-3/h4-11,21H,1-3H3. The number of ether oxygens (including phenoxy) is 2. The van der Waals surface area contributed by atoms with Gasteiger partial charge in [0, 0.05) is 23.8 Å². The predicted molar refractivity (Wildman–Crippen MR) is 84.5 cm³/mol. The number of ketones is 1. The van der Waals surface area contributed by atoms with Crippen LogP contribution >= 0.6 is 0 Å². The molecule has 1 aliphatic carbocycles. The Balaban J connectivity index is 2.00. The van der Waals surface area contributed by atoms with Crippen LogP contribution in [0.3, 0.4) is 0 Å². The van der Waals surface area contributed by atoms with Crippen LogP contribution in [0, 0.1) is 0 Å². The molecule has 2 aromatic carbocycles. The quantitative estimate of drug-likeness (QED) is 0.926. The molecule has 4 heteroatoms. The number of carbonyl (C=O) groups is 1. The van der Waals surface area contributed by atoms with E-state index in [0.717, 1.165) is 5.56 Å². The lowest BCUT2D eigenvalue weighted by atomic mass is 9.85. The molecule has 2 atom stereocenters. The van der Waals surface area contributed by atoms with Gasteiger partial charge in [0.05, 0.1) is 0 Å². The summed E-state index contributed by atoms with van der Waals surface area (Å²) in [5, 5.41) is 11.3. The van der Waals surface area contributed by atoms with Gasteiger partial charge < -0.3 is 14.6 Å². The summed E-state index contributed by atoms with van der Waals surface area (Å²) in [6, 6.07) is 12.6. The fourth-order valence-corrected chi connectivity index (χ4v) is 3.71. The molecule has 0 aromatic heterocycles. The van der Waals surface area contributed by atoms with E-state index < -0.39 is 11.4 Å². The minimum Gasteiger partial charge on any atom is -0.454 e. The third kappa shape index (κ3) is 1.50. The van der Waals surface area contributed by atoms with Crippen molar-refractivity contribution in [2.75, 3.05) is 7.11 Å². The summed E-state index contributed by atoms with van der Waals surface area (Å²) in [6.45, 7) is 4.16. The summed E-state index contributed by atoms with van der Waals surface area (Å²) >= 11 is 0. The summed E-state index contributed by atoms with van der Waals surface area (Å²) in [7, 11) is 1.43. The third-order valence-corrected chi connectivity index (χ3v) is 4.95. The predicted octanol–water partition coefficient (Wildman–Crippen LogP) is 3.09. The maximum Gasteiger partial charge on any atom is 0.277 e.